The average Bonchev–Trinajstić information content (AvgIpc) is 2.88. The van der Waals surface area contributed by atoms with Crippen LogP contribution in [0.3, 0.4) is 0 Å². The summed E-state index contributed by atoms with van der Waals surface area (Å²) in [7, 11) is 0. The van der Waals surface area contributed by atoms with Crippen LogP contribution in [0.2, 0.25) is 5.02 Å². The van der Waals surface area contributed by atoms with E-state index in [9.17, 15) is 4.79 Å². The molecule has 0 aromatic heterocycles. The Bertz CT molecular complexity index is 1130. The number of hydrogen-bond acceptors (Lipinski definition) is 6. The Hall–Kier alpha value is -2.25. The zero-order valence-electron chi connectivity index (χ0n) is 21.2. The molecule has 0 heterocycles. The summed E-state index contributed by atoms with van der Waals surface area (Å²) >= 11 is 9.43. The lowest BCUT2D eigenvalue weighted by molar-refractivity contribution is -0.156. The monoisotopic (exact) mass is 540 g/mol. The summed E-state index contributed by atoms with van der Waals surface area (Å²) in [5.74, 6) is 0.433. The molecule has 190 valence electrons. The minimum absolute atomic E-state index is 0.356. The zero-order chi connectivity index (χ0) is 26.0. The first-order valence-electron chi connectivity index (χ1n) is 12.1. The quantitative estimate of drug-likeness (QED) is 0.101. The van der Waals surface area contributed by atoms with E-state index >= 15 is 0 Å². The molecule has 0 amide bonds. The molecule has 36 heavy (non-hydrogen) atoms. The number of benzene rings is 3. The van der Waals surface area contributed by atoms with E-state index in [0.717, 1.165) is 44.9 Å². The van der Waals surface area contributed by atoms with Crippen LogP contribution in [0.15, 0.2) is 98.7 Å². The molecule has 3 rings (SSSR count). The fourth-order valence-electron chi connectivity index (χ4n) is 3.73. The van der Waals surface area contributed by atoms with Crippen LogP contribution < -0.4 is 0 Å². The molecule has 0 bridgehead atoms. The van der Waals surface area contributed by atoms with Crippen molar-refractivity contribution in [1.82, 2.24) is 4.90 Å². The molecule has 0 spiro atoms. The first-order chi connectivity index (χ1) is 17.3. The Balaban J connectivity index is 1.75. The summed E-state index contributed by atoms with van der Waals surface area (Å²) in [6.07, 6.45) is 0.650. The second-order valence-electron chi connectivity index (χ2n) is 8.64. The number of hydrogen-bond donors (Lipinski definition) is 0. The van der Waals surface area contributed by atoms with Crippen LogP contribution in [0.4, 0.5) is 0 Å². The van der Waals surface area contributed by atoms with Gasteiger partial charge in [0.1, 0.15) is 5.54 Å². The van der Waals surface area contributed by atoms with Gasteiger partial charge in [-0.25, -0.2) is 4.79 Å². The van der Waals surface area contributed by atoms with Gasteiger partial charge in [0.05, 0.1) is 5.71 Å². The highest BCUT2D eigenvalue weighted by atomic mass is 35.5. The molecule has 0 fully saturated rings. The lowest BCUT2D eigenvalue weighted by Gasteiger charge is -2.33. The molecule has 0 aliphatic heterocycles. The molecular weight excluding hydrogens is 508 g/mol. The van der Waals surface area contributed by atoms with E-state index in [1.54, 1.807) is 23.5 Å². The second kappa shape index (κ2) is 13.9. The van der Waals surface area contributed by atoms with Crippen molar-refractivity contribution in [2.45, 2.75) is 54.3 Å². The predicted molar refractivity (Wildman–Crippen MR) is 153 cm³/mol. The predicted octanol–water partition coefficient (Wildman–Crippen LogP) is 8.04. The Morgan fingerprint density at radius 3 is 2.08 bits per heavy atom. The standard InChI is InChI=1S/C29H33ClN2O2S2/c1-5-32(6-2)29(3,4)28(33)34-31-27(20-21-35-24-18-14-23(30)15-19-24)22-12-16-26(17-13-22)36-25-10-8-7-9-11-25/h7-19H,5-6,20-21H2,1-4H3. The van der Waals surface area contributed by atoms with Crippen LogP contribution >= 0.6 is 35.1 Å². The fourth-order valence-corrected chi connectivity index (χ4v) is 5.55. The van der Waals surface area contributed by atoms with E-state index in [1.807, 2.05) is 82.3 Å². The van der Waals surface area contributed by atoms with Gasteiger partial charge in [-0.05, 0) is 81.0 Å². The van der Waals surface area contributed by atoms with Crippen molar-refractivity contribution in [3.63, 3.8) is 0 Å². The van der Waals surface area contributed by atoms with Crippen molar-refractivity contribution in [2.24, 2.45) is 5.16 Å². The van der Waals surface area contributed by atoms with Gasteiger partial charge in [-0.1, -0.05) is 72.7 Å². The smallest absolute Gasteiger partial charge is 0.316 e. The van der Waals surface area contributed by atoms with Crippen LogP contribution in [-0.2, 0) is 9.63 Å². The Labute approximate surface area is 228 Å². The van der Waals surface area contributed by atoms with Crippen molar-refractivity contribution in [1.29, 1.82) is 0 Å². The van der Waals surface area contributed by atoms with Gasteiger partial charge in [0.2, 0.25) is 0 Å². The van der Waals surface area contributed by atoms with Crippen LogP contribution in [0.25, 0.3) is 0 Å². The summed E-state index contributed by atoms with van der Waals surface area (Å²) in [6.45, 7) is 9.35. The number of carbonyl (C=O) groups excluding carboxylic acids is 1. The molecule has 3 aromatic rings. The number of nitrogens with zero attached hydrogens (tertiary/aromatic N) is 2. The van der Waals surface area contributed by atoms with Gasteiger partial charge in [0.25, 0.3) is 0 Å². The van der Waals surface area contributed by atoms with Gasteiger partial charge in [-0.2, -0.15) is 0 Å². The van der Waals surface area contributed by atoms with Crippen molar-refractivity contribution in [2.75, 3.05) is 18.8 Å². The topological polar surface area (TPSA) is 41.9 Å². The van der Waals surface area contributed by atoms with Gasteiger partial charge in [-0.15, -0.1) is 11.8 Å². The third kappa shape index (κ3) is 8.13. The minimum atomic E-state index is -0.758. The molecule has 0 N–H and O–H groups in total. The Morgan fingerprint density at radius 1 is 0.889 bits per heavy atom. The number of halogens is 1. The first kappa shape index (κ1) is 28.3. The number of rotatable bonds is 12. The van der Waals surface area contributed by atoms with Gasteiger partial charge >= 0.3 is 5.97 Å². The highest BCUT2D eigenvalue weighted by Crippen LogP contribution is 2.28. The summed E-state index contributed by atoms with van der Waals surface area (Å²) in [6, 6.07) is 26.3. The molecule has 0 aliphatic carbocycles. The van der Waals surface area contributed by atoms with Crippen LogP contribution in [0.1, 0.15) is 39.7 Å². The van der Waals surface area contributed by atoms with Crippen LogP contribution in [0.5, 0.6) is 0 Å². The maximum atomic E-state index is 13.0. The maximum Gasteiger partial charge on any atom is 0.354 e. The molecule has 3 aromatic carbocycles. The van der Waals surface area contributed by atoms with E-state index in [4.69, 9.17) is 16.4 Å². The molecule has 7 heteroatoms. The maximum absolute atomic E-state index is 13.0. The molecule has 0 radical (unpaired) electrons. The van der Waals surface area contributed by atoms with E-state index in [-0.39, 0.29) is 5.97 Å². The van der Waals surface area contributed by atoms with Crippen LogP contribution in [0, 0.1) is 0 Å². The molecule has 0 atom stereocenters. The summed E-state index contributed by atoms with van der Waals surface area (Å²) in [4.78, 5) is 24.0. The SMILES string of the molecule is CCN(CC)C(C)(C)C(=O)ON=C(CCSc1ccc(Cl)cc1)c1ccc(Sc2ccccc2)cc1. The fraction of sp³-hybridized carbons (Fsp3) is 0.310. The van der Waals surface area contributed by atoms with Gasteiger partial charge < -0.3 is 4.84 Å². The highest BCUT2D eigenvalue weighted by Gasteiger charge is 2.35. The highest BCUT2D eigenvalue weighted by molar-refractivity contribution is 7.99. The average molecular weight is 541 g/mol. The lowest BCUT2D eigenvalue weighted by Crippen LogP contribution is -2.50. The van der Waals surface area contributed by atoms with E-state index in [1.165, 1.54) is 4.90 Å². The Morgan fingerprint density at radius 2 is 1.47 bits per heavy atom. The van der Waals surface area contributed by atoms with Crippen molar-refractivity contribution >= 4 is 46.8 Å². The van der Waals surface area contributed by atoms with Crippen molar-refractivity contribution in [3.05, 3.63) is 89.4 Å². The summed E-state index contributed by atoms with van der Waals surface area (Å²) in [5, 5.41) is 5.09. The van der Waals surface area contributed by atoms with Crippen molar-refractivity contribution in [3.8, 4) is 0 Å². The molecule has 4 nitrogen and oxygen atoms in total. The summed E-state index contributed by atoms with van der Waals surface area (Å²) in [5.41, 5.74) is 0.931. The molecule has 0 saturated carbocycles. The largest absolute Gasteiger partial charge is 0.354 e. The number of thioether (sulfide) groups is 1. The minimum Gasteiger partial charge on any atom is -0.316 e. The van der Waals surface area contributed by atoms with E-state index < -0.39 is 5.54 Å². The Kier molecular flexibility index (Phi) is 10.9. The molecule has 0 saturated heterocycles. The number of carbonyl (C=O) groups is 1. The van der Waals surface area contributed by atoms with Gasteiger partial charge in [0.15, 0.2) is 0 Å². The normalized spacial score (nSPS) is 12.1. The molecular formula is C29H33ClN2O2S2. The lowest BCUT2D eigenvalue weighted by atomic mass is 10.0. The zero-order valence-corrected chi connectivity index (χ0v) is 23.6. The third-order valence-electron chi connectivity index (χ3n) is 5.88. The molecule has 0 aliphatic rings. The van der Waals surface area contributed by atoms with E-state index in [2.05, 4.69) is 34.3 Å². The molecule has 0 unspecified atom stereocenters. The number of likely N-dealkylation sites (N-methyl/N-ethyl adjacent to an activating group) is 1. The van der Waals surface area contributed by atoms with Gasteiger partial charge in [-0.3, -0.25) is 4.90 Å². The second-order valence-corrected chi connectivity index (χ2v) is 11.4. The third-order valence-corrected chi connectivity index (χ3v) is 8.16. The summed E-state index contributed by atoms with van der Waals surface area (Å²) < 4.78 is 0. The van der Waals surface area contributed by atoms with E-state index in [0.29, 0.717) is 6.42 Å². The van der Waals surface area contributed by atoms with Gasteiger partial charge in [0, 0.05) is 31.9 Å². The first-order valence-corrected chi connectivity index (χ1v) is 14.3. The number of oxime groups is 1. The van der Waals surface area contributed by atoms with Crippen LogP contribution in [-0.4, -0.2) is 41.0 Å². The van der Waals surface area contributed by atoms with Crippen molar-refractivity contribution < 1.29 is 9.63 Å².